The van der Waals surface area contributed by atoms with Gasteiger partial charge in [-0.2, -0.15) is 0 Å². The van der Waals surface area contributed by atoms with E-state index in [9.17, 15) is 4.79 Å². The first-order valence-electron chi connectivity index (χ1n) is 5.88. The third-order valence-electron chi connectivity index (χ3n) is 3.32. The molecule has 0 spiro atoms. The molecule has 0 aromatic carbocycles. The predicted octanol–water partition coefficient (Wildman–Crippen LogP) is 2.96. The van der Waals surface area contributed by atoms with Gasteiger partial charge >= 0.3 is 0 Å². The summed E-state index contributed by atoms with van der Waals surface area (Å²) < 4.78 is 0. The summed E-state index contributed by atoms with van der Waals surface area (Å²) in [4.78, 5) is 17.7. The summed E-state index contributed by atoms with van der Waals surface area (Å²) in [6.45, 7) is 1.56. The van der Waals surface area contributed by atoms with E-state index in [0.29, 0.717) is 10.6 Å². The normalized spacial score (nSPS) is 14.9. The standard InChI is InChI=1S/C13H14N2OS/c1-7(16)12-11(14)9-6-8-4-2-3-5-10(8)15-13(9)17-12/h6H,2-5,14H2,1H3. The van der Waals surface area contributed by atoms with Gasteiger partial charge in [-0.1, -0.05) is 0 Å². The second kappa shape index (κ2) is 3.81. The Hall–Kier alpha value is -1.42. The molecule has 0 saturated carbocycles. The Kier molecular flexibility index (Phi) is 2.40. The molecule has 1 aliphatic rings. The molecule has 0 amide bonds. The molecule has 3 rings (SSSR count). The van der Waals surface area contributed by atoms with Gasteiger partial charge in [-0.25, -0.2) is 4.98 Å². The highest BCUT2D eigenvalue weighted by atomic mass is 32.1. The maximum absolute atomic E-state index is 11.5. The summed E-state index contributed by atoms with van der Waals surface area (Å²) in [5, 5.41) is 0.959. The van der Waals surface area contributed by atoms with Crippen LogP contribution in [-0.2, 0) is 12.8 Å². The highest BCUT2D eigenvalue weighted by molar-refractivity contribution is 7.21. The number of pyridine rings is 1. The first kappa shape index (κ1) is 10.7. The van der Waals surface area contributed by atoms with Crippen LogP contribution in [0.25, 0.3) is 10.2 Å². The van der Waals surface area contributed by atoms with Gasteiger partial charge in [0.1, 0.15) is 4.83 Å². The van der Waals surface area contributed by atoms with Crippen LogP contribution in [0, 0.1) is 0 Å². The molecule has 0 aliphatic heterocycles. The SMILES string of the molecule is CC(=O)c1sc2nc3c(cc2c1N)CCCC3. The van der Waals surface area contributed by atoms with Crippen molar-refractivity contribution < 1.29 is 4.79 Å². The molecule has 0 radical (unpaired) electrons. The number of hydrogen-bond acceptors (Lipinski definition) is 4. The van der Waals surface area contributed by atoms with E-state index in [-0.39, 0.29) is 5.78 Å². The van der Waals surface area contributed by atoms with Gasteiger partial charge in [0.05, 0.1) is 10.6 Å². The van der Waals surface area contributed by atoms with Gasteiger partial charge in [-0.05, 0) is 37.3 Å². The van der Waals surface area contributed by atoms with Crippen LogP contribution in [0.1, 0.15) is 40.7 Å². The number of aromatic nitrogens is 1. The third kappa shape index (κ3) is 1.63. The van der Waals surface area contributed by atoms with E-state index in [2.05, 4.69) is 11.1 Å². The van der Waals surface area contributed by atoms with E-state index in [1.165, 1.54) is 35.4 Å². The van der Waals surface area contributed by atoms with Gasteiger partial charge < -0.3 is 5.73 Å². The van der Waals surface area contributed by atoms with Gasteiger partial charge in [0, 0.05) is 18.0 Å². The fourth-order valence-corrected chi connectivity index (χ4v) is 3.41. The molecule has 0 unspecified atom stereocenters. The smallest absolute Gasteiger partial charge is 0.171 e. The highest BCUT2D eigenvalue weighted by Gasteiger charge is 2.18. The number of thiophene rings is 1. The largest absolute Gasteiger partial charge is 0.397 e. The zero-order valence-corrected chi connectivity index (χ0v) is 10.6. The third-order valence-corrected chi connectivity index (χ3v) is 4.54. The molecule has 0 fully saturated rings. The lowest BCUT2D eigenvalue weighted by molar-refractivity contribution is 0.102. The van der Waals surface area contributed by atoms with Gasteiger partial charge in [0.25, 0.3) is 0 Å². The van der Waals surface area contributed by atoms with Crippen LogP contribution < -0.4 is 5.73 Å². The minimum atomic E-state index is 0.0310. The van der Waals surface area contributed by atoms with Gasteiger partial charge in [0.2, 0.25) is 0 Å². The Balaban J connectivity index is 2.27. The number of fused-ring (bicyclic) bond motifs is 2. The Bertz CT molecular complexity index is 615. The van der Waals surface area contributed by atoms with Gasteiger partial charge in [-0.15, -0.1) is 11.3 Å². The lowest BCUT2D eigenvalue weighted by Gasteiger charge is -2.14. The van der Waals surface area contributed by atoms with Crippen LogP contribution >= 0.6 is 11.3 Å². The number of carbonyl (C=O) groups is 1. The molecule has 2 aromatic heterocycles. The second-order valence-corrected chi connectivity index (χ2v) is 5.55. The zero-order chi connectivity index (χ0) is 12.0. The topological polar surface area (TPSA) is 56.0 Å². The maximum Gasteiger partial charge on any atom is 0.171 e. The number of nitrogens with two attached hydrogens (primary N) is 1. The molecule has 2 aromatic rings. The monoisotopic (exact) mass is 246 g/mol. The molecule has 3 nitrogen and oxygen atoms in total. The molecule has 0 atom stereocenters. The fourth-order valence-electron chi connectivity index (χ4n) is 2.42. The number of nitrogens with zero attached hydrogens (tertiary/aromatic N) is 1. The second-order valence-electron chi connectivity index (χ2n) is 4.56. The molecule has 4 heteroatoms. The van der Waals surface area contributed by atoms with E-state index in [0.717, 1.165) is 23.1 Å². The van der Waals surface area contributed by atoms with Crippen molar-refractivity contribution in [1.82, 2.24) is 4.98 Å². The molecule has 88 valence electrons. The number of nitrogen functional groups attached to an aromatic ring is 1. The number of hydrogen-bond donors (Lipinski definition) is 1. The Labute approximate surface area is 104 Å². The number of rotatable bonds is 1. The Morgan fingerprint density at radius 1 is 1.41 bits per heavy atom. The van der Waals surface area contributed by atoms with Crippen molar-refractivity contribution in [2.45, 2.75) is 32.6 Å². The molecular weight excluding hydrogens is 232 g/mol. The average molecular weight is 246 g/mol. The number of Topliss-reactive ketones (excluding diaryl/α,β-unsaturated/α-hetero) is 1. The molecule has 2 heterocycles. The van der Waals surface area contributed by atoms with Crippen LogP contribution in [-0.4, -0.2) is 10.8 Å². The van der Waals surface area contributed by atoms with Gasteiger partial charge in [0.15, 0.2) is 5.78 Å². The van der Waals surface area contributed by atoms with Crippen LogP contribution in [0.2, 0.25) is 0 Å². The van der Waals surface area contributed by atoms with Crippen molar-refractivity contribution >= 4 is 33.0 Å². The van der Waals surface area contributed by atoms with Crippen LogP contribution in [0.4, 0.5) is 5.69 Å². The van der Waals surface area contributed by atoms with E-state index in [4.69, 9.17) is 5.73 Å². The lowest BCUT2D eigenvalue weighted by atomic mass is 9.95. The van der Waals surface area contributed by atoms with Crippen LogP contribution in [0.15, 0.2) is 6.07 Å². The van der Waals surface area contributed by atoms with Crippen molar-refractivity contribution in [3.8, 4) is 0 Å². The van der Waals surface area contributed by atoms with E-state index < -0.39 is 0 Å². The summed E-state index contributed by atoms with van der Waals surface area (Å²) in [7, 11) is 0. The first-order chi connectivity index (χ1) is 8.16. The van der Waals surface area contributed by atoms with Crippen molar-refractivity contribution in [3.05, 3.63) is 22.2 Å². The van der Waals surface area contributed by atoms with Crippen molar-refractivity contribution in [2.24, 2.45) is 0 Å². The number of anilines is 1. The molecule has 17 heavy (non-hydrogen) atoms. The summed E-state index contributed by atoms with van der Waals surface area (Å²) in [5.74, 6) is 0.0310. The number of ketones is 1. The van der Waals surface area contributed by atoms with E-state index in [1.807, 2.05) is 0 Å². The summed E-state index contributed by atoms with van der Waals surface area (Å²) >= 11 is 1.42. The lowest BCUT2D eigenvalue weighted by Crippen LogP contribution is -2.04. The fraction of sp³-hybridized carbons (Fsp3) is 0.385. The molecule has 2 N–H and O–H groups in total. The number of aryl methyl sites for hydroxylation is 2. The number of carbonyl (C=O) groups excluding carboxylic acids is 1. The quantitative estimate of drug-likeness (QED) is 0.787. The summed E-state index contributed by atoms with van der Waals surface area (Å²) in [5.41, 5.74) is 9.14. The van der Waals surface area contributed by atoms with E-state index in [1.54, 1.807) is 6.92 Å². The predicted molar refractivity (Wildman–Crippen MR) is 70.7 cm³/mol. The van der Waals surface area contributed by atoms with Crippen LogP contribution in [0.3, 0.4) is 0 Å². The molecule has 0 saturated heterocycles. The summed E-state index contributed by atoms with van der Waals surface area (Å²) in [6, 6.07) is 2.13. The van der Waals surface area contributed by atoms with Crippen molar-refractivity contribution in [2.75, 3.05) is 5.73 Å². The summed E-state index contributed by atoms with van der Waals surface area (Å²) in [6.07, 6.45) is 4.58. The van der Waals surface area contributed by atoms with E-state index >= 15 is 0 Å². The molecule has 1 aliphatic carbocycles. The highest BCUT2D eigenvalue weighted by Crippen LogP contribution is 2.35. The minimum Gasteiger partial charge on any atom is -0.397 e. The maximum atomic E-state index is 11.5. The first-order valence-corrected chi connectivity index (χ1v) is 6.70. The Morgan fingerprint density at radius 2 is 2.18 bits per heavy atom. The molecule has 0 bridgehead atoms. The average Bonchev–Trinajstić information content (AvgIpc) is 2.64. The molecular formula is C13H14N2OS. The zero-order valence-electron chi connectivity index (χ0n) is 9.75. The van der Waals surface area contributed by atoms with Gasteiger partial charge in [-0.3, -0.25) is 4.79 Å². The van der Waals surface area contributed by atoms with Crippen molar-refractivity contribution in [1.29, 1.82) is 0 Å². The van der Waals surface area contributed by atoms with Crippen LogP contribution in [0.5, 0.6) is 0 Å². The Morgan fingerprint density at radius 3 is 2.94 bits per heavy atom. The minimum absolute atomic E-state index is 0.0310. The van der Waals surface area contributed by atoms with Crippen molar-refractivity contribution in [3.63, 3.8) is 0 Å².